The summed E-state index contributed by atoms with van der Waals surface area (Å²) in [7, 11) is 0. The first-order chi connectivity index (χ1) is 8.92. The Kier molecular flexibility index (Phi) is 1.83. The Labute approximate surface area is 103 Å². The zero-order valence-corrected chi connectivity index (χ0v) is 9.55. The number of nitrogens with one attached hydrogen (secondary N) is 1. The Morgan fingerprint density at radius 2 is 2.00 bits per heavy atom. The minimum atomic E-state index is 0.817. The lowest BCUT2D eigenvalue weighted by Crippen LogP contribution is -1.75. The maximum Gasteiger partial charge on any atom is 0.181 e. The van der Waals surface area contributed by atoms with E-state index >= 15 is 0 Å². The number of H-pyrrole nitrogens is 1. The predicted molar refractivity (Wildman–Crippen MR) is 71.3 cm³/mol. The molecule has 2 aromatic heterocycles. The van der Waals surface area contributed by atoms with E-state index in [2.05, 4.69) is 28.2 Å². The van der Waals surface area contributed by atoms with Gasteiger partial charge in [-0.25, -0.2) is 4.98 Å². The summed E-state index contributed by atoms with van der Waals surface area (Å²) >= 11 is 0. The number of para-hydroxylation sites is 1. The standard InChI is InChI=1S/C15H10N2O/c1-2-4-13-11(3-1)12(8-16-13)10-5-6-14-15(7-10)18-9-17-14/h1-9,16H. The van der Waals surface area contributed by atoms with Gasteiger partial charge >= 0.3 is 0 Å². The first-order valence-electron chi connectivity index (χ1n) is 5.81. The molecule has 0 aliphatic heterocycles. The number of benzene rings is 2. The summed E-state index contributed by atoms with van der Waals surface area (Å²) in [5, 5.41) is 1.22. The third-order valence-corrected chi connectivity index (χ3v) is 3.23. The highest BCUT2D eigenvalue weighted by Crippen LogP contribution is 2.30. The number of fused-ring (bicyclic) bond motifs is 2. The van der Waals surface area contributed by atoms with Crippen LogP contribution in [0, 0.1) is 0 Å². The van der Waals surface area contributed by atoms with Crippen molar-refractivity contribution in [2.75, 3.05) is 0 Å². The van der Waals surface area contributed by atoms with Crippen molar-refractivity contribution >= 4 is 22.0 Å². The second kappa shape index (κ2) is 3.47. The molecule has 0 saturated carbocycles. The number of aromatic nitrogens is 2. The summed E-state index contributed by atoms with van der Waals surface area (Å²) in [6.07, 6.45) is 3.51. The second-order valence-electron chi connectivity index (χ2n) is 4.28. The summed E-state index contributed by atoms with van der Waals surface area (Å²) in [5.41, 5.74) is 5.17. The van der Waals surface area contributed by atoms with Gasteiger partial charge in [0.25, 0.3) is 0 Å². The van der Waals surface area contributed by atoms with Crippen LogP contribution in [0.2, 0.25) is 0 Å². The second-order valence-corrected chi connectivity index (χ2v) is 4.28. The summed E-state index contributed by atoms with van der Waals surface area (Å²) in [6.45, 7) is 0. The van der Waals surface area contributed by atoms with Gasteiger partial charge in [0, 0.05) is 22.7 Å². The lowest BCUT2D eigenvalue weighted by Gasteiger charge is -1.99. The molecule has 18 heavy (non-hydrogen) atoms. The van der Waals surface area contributed by atoms with E-state index in [1.165, 1.54) is 17.3 Å². The topological polar surface area (TPSA) is 41.8 Å². The largest absolute Gasteiger partial charge is 0.443 e. The van der Waals surface area contributed by atoms with Crippen LogP contribution in [0.3, 0.4) is 0 Å². The van der Waals surface area contributed by atoms with E-state index < -0.39 is 0 Å². The van der Waals surface area contributed by atoms with Crippen molar-refractivity contribution in [2.24, 2.45) is 0 Å². The Morgan fingerprint density at radius 1 is 1.06 bits per heavy atom. The van der Waals surface area contributed by atoms with E-state index in [-0.39, 0.29) is 0 Å². The van der Waals surface area contributed by atoms with Crippen LogP contribution in [-0.4, -0.2) is 9.97 Å². The normalized spacial score (nSPS) is 11.3. The van der Waals surface area contributed by atoms with E-state index in [1.54, 1.807) is 0 Å². The fraction of sp³-hybridized carbons (Fsp3) is 0. The molecule has 0 amide bonds. The fourth-order valence-electron chi connectivity index (χ4n) is 2.33. The number of hydrogen-bond donors (Lipinski definition) is 1. The Balaban J connectivity index is 2.00. The van der Waals surface area contributed by atoms with E-state index in [4.69, 9.17) is 4.42 Å². The highest BCUT2D eigenvalue weighted by atomic mass is 16.3. The zero-order chi connectivity index (χ0) is 11.9. The molecular weight excluding hydrogens is 224 g/mol. The number of aromatic amines is 1. The SMILES string of the molecule is c1ccc2c(-c3ccc4ncoc4c3)c[nH]c2c1. The van der Waals surface area contributed by atoms with Gasteiger partial charge in [-0.3, -0.25) is 0 Å². The van der Waals surface area contributed by atoms with Crippen molar-refractivity contribution < 1.29 is 4.42 Å². The molecule has 0 aliphatic rings. The van der Waals surface area contributed by atoms with Crippen LogP contribution in [-0.2, 0) is 0 Å². The fourth-order valence-corrected chi connectivity index (χ4v) is 2.33. The van der Waals surface area contributed by atoms with Gasteiger partial charge in [0.2, 0.25) is 0 Å². The van der Waals surface area contributed by atoms with Gasteiger partial charge in [-0.1, -0.05) is 24.3 Å². The first-order valence-corrected chi connectivity index (χ1v) is 5.81. The van der Waals surface area contributed by atoms with Crippen LogP contribution < -0.4 is 0 Å². The minimum absolute atomic E-state index is 0.817. The molecule has 0 bridgehead atoms. The monoisotopic (exact) mass is 234 g/mol. The Morgan fingerprint density at radius 3 is 3.00 bits per heavy atom. The Bertz CT molecular complexity index is 842. The van der Waals surface area contributed by atoms with Gasteiger partial charge in [-0.05, 0) is 23.8 Å². The molecule has 0 aliphatic carbocycles. The van der Waals surface area contributed by atoms with E-state index in [0.29, 0.717) is 0 Å². The molecular formula is C15H10N2O. The first kappa shape index (κ1) is 9.48. The molecule has 0 atom stereocenters. The maximum atomic E-state index is 5.35. The molecule has 3 nitrogen and oxygen atoms in total. The molecule has 86 valence electrons. The van der Waals surface area contributed by atoms with Crippen LogP contribution >= 0.6 is 0 Å². The van der Waals surface area contributed by atoms with Crippen molar-refractivity contribution in [1.82, 2.24) is 9.97 Å². The molecule has 3 heteroatoms. The van der Waals surface area contributed by atoms with Crippen molar-refractivity contribution in [2.45, 2.75) is 0 Å². The molecule has 4 aromatic rings. The van der Waals surface area contributed by atoms with E-state index in [9.17, 15) is 0 Å². The number of oxazole rings is 1. The third kappa shape index (κ3) is 1.27. The summed E-state index contributed by atoms with van der Waals surface area (Å²) in [6, 6.07) is 14.3. The quantitative estimate of drug-likeness (QED) is 0.541. The number of hydrogen-bond acceptors (Lipinski definition) is 2. The predicted octanol–water partition coefficient (Wildman–Crippen LogP) is 3.98. The summed E-state index contributed by atoms with van der Waals surface area (Å²) in [5.74, 6) is 0. The van der Waals surface area contributed by atoms with Gasteiger partial charge < -0.3 is 9.40 Å². The molecule has 0 spiro atoms. The van der Waals surface area contributed by atoms with Gasteiger partial charge in [0.1, 0.15) is 5.52 Å². The summed E-state index contributed by atoms with van der Waals surface area (Å²) in [4.78, 5) is 7.41. The molecule has 1 N–H and O–H groups in total. The molecule has 0 fully saturated rings. The van der Waals surface area contributed by atoms with Crippen LogP contribution in [0.15, 0.2) is 59.5 Å². The van der Waals surface area contributed by atoms with Crippen LogP contribution in [0.1, 0.15) is 0 Å². The van der Waals surface area contributed by atoms with E-state index in [0.717, 1.165) is 22.2 Å². The molecule has 4 rings (SSSR count). The van der Waals surface area contributed by atoms with Gasteiger partial charge in [-0.15, -0.1) is 0 Å². The van der Waals surface area contributed by atoms with Gasteiger partial charge in [0.05, 0.1) is 0 Å². The number of nitrogens with zero attached hydrogens (tertiary/aromatic N) is 1. The average Bonchev–Trinajstić information content (AvgIpc) is 3.04. The molecule has 2 aromatic carbocycles. The van der Waals surface area contributed by atoms with Crippen molar-refractivity contribution in [1.29, 1.82) is 0 Å². The molecule has 0 unspecified atom stereocenters. The highest BCUT2D eigenvalue weighted by Gasteiger charge is 2.07. The summed E-state index contributed by atoms with van der Waals surface area (Å²) < 4.78 is 5.35. The third-order valence-electron chi connectivity index (χ3n) is 3.23. The van der Waals surface area contributed by atoms with Crippen LogP contribution in [0.5, 0.6) is 0 Å². The highest BCUT2D eigenvalue weighted by molar-refractivity contribution is 5.97. The minimum Gasteiger partial charge on any atom is -0.443 e. The lowest BCUT2D eigenvalue weighted by atomic mass is 10.0. The van der Waals surface area contributed by atoms with Crippen LogP contribution in [0.25, 0.3) is 33.1 Å². The molecule has 2 heterocycles. The van der Waals surface area contributed by atoms with Crippen molar-refractivity contribution in [3.8, 4) is 11.1 Å². The Hall–Kier alpha value is -2.55. The molecule has 0 radical (unpaired) electrons. The van der Waals surface area contributed by atoms with Crippen molar-refractivity contribution in [3.05, 3.63) is 55.1 Å². The zero-order valence-electron chi connectivity index (χ0n) is 9.55. The lowest BCUT2D eigenvalue weighted by molar-refractivity contribution is 0.602. The van der Waals surface area contributed by atoms with Gasteiger partial charge in [0.15, 0.2) is 12.0 Å². The van der Waals surface area contributed by atoms with Crippen LogP contribution in [0.4, 0.5) is 0 Å². The van der Waals surface area contributed by atoms with Gasteiger partial charge in [-0.2, -0.15) is 0 Å². The maximum absolute atomic E-state index is 5.35. The smallest absolute Gasteiger partial charge is 0.181 e. The van der Waals surface area contributed by atoms with Crippen molar-refractivity contribution in [3.63, 3.8) is 0 Å². The average molecular weight is 234 g/mol. The number of rotatable bonds is 1. The molecule has 0 saturated heterocycles. The van der Waals surface area contributed by atoms with E-state index in [1.807, 2.05) is 30.5 Å².